The maximum absolute atomic E-state index is 13.5. The fourth-order valence-corrected chi connectivity index (χ4v) is 5.38. The third-order valence-corrected chi connectivity index (χ3v) is 7.86. The number of sulfonamides is 1. The van der Waals surface area contributed by atoms with Crippen LogP contribution in [0.5, 0.6) is 0 Å². The number of carbonyl (C=O) groups is 2. The van der Waals surface area contributed by atoms with Crippen LogP contribution in [0, 0.1) is 11.3 Å². The molecule has 1 aromatic carbocycles. The molecular weight excluding hydrogens is 551 g/mol. The molecule has 0 aliphatic heterocycles. The molecule has 3 N–H and O–H groups in total. The molecule has 0 fully saturated rings. The predicted octanol–water partition coefficient (Wildman–Crippen LogP) is 4.20. The second kappa shape index (κ2) is 11.4. The van der Waals surface area contributed by atoms with E-state index in [1.165, 1.54) is 48.1 Å². The molecule has 0 aliphatic carbocycles. The van der Waals surface area contributed by atoms with Gasteiger partial charge in [0, 0.05) is 30.4 Å². The Hall–Kier alpha value is -3.78. The van der Waals surface area contributed by atoms with Crippen molar-refractivity contribution < 1.29 is 36.3 Å². The summed E-state index contributed by atoms with van der Waals surface area (Å²) in [7, 11) is -4.15. The van der Waals surface area contributed by atoms with Gasteiger partial charge in [-0.15, -0.1) is 0 Å². The van der Waals surface area contributed by atoms with E-state index in [2.05, 4.69) is 20.1 Å². The smallest absolute Gasteiger partial charge is 0.416 e. The average Bonchev–Trinajstić information content (AvgIpc) is 3.34. The van der Waals surface area contributed by atoms with Gasteiger partial charge in [-0.25, -0.2) is 22.9 Å². The van der Waals surface area contributed by atoms with Crippen LogP contribution in [-0.2, 0) is 27.5 Å². The number of benzene rings is 1. The number of aromatic nitrogens is 3. The van der Waals surface area contributed by atoms with E-state index in [1.54, 1.807) is 33.0 Å². The van der Waals surface area contributed by atoms with Crippen molar-refractivity contribution in [2.75, 3.05) is 6.54 Å². The molecule has 1 amide bonds. The maximum Gasteiger partial charge on any atom is 0.416 e. The largest absolute Gasteiger partial charge is 0.465 e. The molecule has 0 spiro atoms. The molecule has 1 unspecified atom stereocenters. The zero-order chi connectivity index (χ0) is 29.9. The highest BCUT2D eigenvalue weighted by molar-refractivity contribution is 7.89. The Morgan fingerprint density at radius 2 is 1.68 bits per heavy atom. The molecule has 10 nitrogen and oxygen atoms in total. The lowest BCUT2D eigenvalue weighted by Crippen LogP contribution is -2.63. The monoisotopic (exact) mass is 581 g/mol. The van der Waals surface area contributed by atoms with Crippen molar-refractivity contribution in [1.29, 1.82) is 0 Å². The first kappa shape index (κ1) is 30.8. The Morgan fingerprint density at radius 3 is 2.20 bits per heavy atom. The van der Waals surface area contributed by atoms with Crippen LogP contribution in [0.15, 0.2) is 66.0 Å². The van der Waals surface area contributed by atoms with Crippen LogP contribution in [0.4, 0.5) is 18.0 Å². The normalized spacial score (nSPS) is 14.8. The highest BCUT2D eigenvalue weighted by atomic mass is 32.2. The molecule has 0 radical (unpaired) electrons. The second-order valence-corrected chi connectivity index (χ2v) is 12.2. The number of nitrogens with one attached hydrogen (secondary N) is 2. The van der Waals surface area contributed by atoms with E-state index < -0.39 is 57.1 Å². The van der Waals surface area contributed by atoms with Crippen molar-refractivity contribution in [3.63, 3.8) is 0 Å². The van der Waals surface area contributed by atoms with E-state index in [-0.39, 0.29) is 11.6 Å². The van der Waals surface area contributed by atoms with E-state index in [9.17, 15) is 36.3 Å². The Balaban J connectivity index is 1.89. The zero-order valence-corrected chi connectivity index (χ0v) is 23.0. The lowest BCUT2D eigenvalue weighted by atomic mass is 9.67. The summed E-state index contributed by atoms with van der Waals surface area (Å²) in [6.45, 7) is 6.09. The van der Waals surface area contributed by atoms with Crippen molar-refractivity contribution >= 4 is 21.9 Å². The lowest BCUT2D eigenvalue weighted by molar-refractivity contribution is -0.137. The predicted molar refractivity (Wildman–Crippen MR) is 140 cm³/mol. The quantitative estimate of drug-likeness (QED) is 0.326. The summed E-state index contributed by atoms with van der Waals surface area (Å²) in [4.78, 5) is 29.1. The van der Waals surface area contributed by atoms with E-state index in [4.69, 9.17) is 0 Å². The first-order valence-electron chi connectivity index (χ1n) is 12.1. The Labute approximate surface area is 229 Å². The Kier molecular flexibility index (Phi) is 8.74. The summed E-state index contributed by atoms with van der Waals surface area (Å²) in [6, 6.07) is 10.3. The number of rotatable bonds is 10. The van der Waals surface area contributed by atoms with Gasteiger partial charge in [-0.2, -0.15) is 18.3 Å². The molecule has 0 saturated heterocycles. The van der Waals surface area contributed by atoms with E-state index in [0.717, 1.165) is 12.1 Å². The number of carboxylic acid groups (broad SMARTS) is 1. The number of Topliss-reactive ketones (excluding diaryl/α,β-unsaturated/α-hetero) is 1. The van der Waals surface area contributed by atoms with Crippen LogP contribution in [0.25, 0.3) is 11.3 Å². The van der Waals surface area contributed by atoms with Gasteiger partial charge >= 0.3 is 12.3 Å². The van der Waals surface area contributed by atoms with Gasteiger partial charge in [0.15, 0.2) is 10.8 Å². The summed E-state index contributed by atoms with van der Waals surface area (Å²) >= 11 is 0. The van der Waals surface area contributed by atoms with Crippen molar-refractivity contribution in [3.8, 4) is 11.3 Å². The fraction of sp³-hybridized carbons (Fsp3) is 0.385. The SMILES string of the molecule is CC(C)(C)C(Cn1ccc(-c2ccc(C(F)(F)F)cc2)n1)[C@](C)(NC(=O)O)C(=O)CNS(=O)(=O)c1ccccn1. The number of alkyl halides is 3. The number of halogens is 3. The van der Waals surface area contributed by atoms with Crippen molar-refractivity contribution in [2.24, 2.45) is 11.3 Å². The van der Waals surface area contributed by atoms with Crippen LogP contribution in [0.1, 0.15) is 33.3 Å². The molecule has 2 heterocycles. The summed E-state index contributed by atoms with van der Waals surface area (Å²) in [5, 5.41) is 16.0. The summed E-state index contributed by atoms with van der Waals surface area (Å²) in [5.41, 5.74) is -2.45. The molecule has 14 heteroatoms. The summed E-state index contributed by atoms with van der Waals surface area (Å²) in [5.74, 6) is -1.48. The molecule has 2 aromatic heterocycles. The molecule has 0 bridgehead atoms. The van der Waals surface area contributed by atoms with E-state index >= 15 is 0 Å². The number of nitrogens with zero attached hydrogens (tertiary/aromatic N) is 3. The standard InChI is InChI=1S/C26H30F3N5O5S/c1-24(2,3)20(16-34-14-12-19(33-34)17-8-10-18(11-9-17)26(27,28)29)25(4,32-23(36)37)21(35)15-31-40(38,39)22-7-5-6-13-30-22/h5-14,20,31-32H,15-16H2,1-4H3,(H,36,37)/t20?,25-/m0/s1. The van der Waals surface area contributed by atoms with Gasteiger partial charge in [0.1, 0.15) is 5.54 Å². The minimum Gasteiger partial charge on any atom is -0.465 e. The van der Waals surface area contributed by atoms with Crippen molar-refractivity contribution in [2.45, 2.75) is 51.0 Å². The number of carbonyl (C=O) groups excluding carboxylic acids is 1. The fourth-order valence-electron chi connectivity index (χ4n) is 4.45. The molecule has 40 heavy (non-hydrogen) atoms. The maximum atomic E-state index is 13.5. The lowest BCUT2D eigenvalue weighted by Gasteiger charge is -2.43. The van der Waals surface area contributed by atoms with Crippen LogP contribution >= 0.6 is 0 Å². The number of hydrogen-bond acceptors (Lipinski definition) is 6. The third kappa shape index (κ3) is 7.24. The Bertz CT molecular complexity index is 1450. The molecule has 2 atom stereocenters. The zero-order valence-electron chi connectivity index (χ0n) is 22.2. The second-order valence-electron chi connectivity index (χ2n) is 10.5. The van der Waals surface area contributed by atoms with Crippen LogP contribution < -0.4 is 10.0 Å². The molecule has 3 rings (SSSR count). The molecule has 0 aliphatic rings. The number of ketones is 1. The van der Waals surface area contributed by atoms with E-state index in [0.29, 0.717) is 11.3 Å². The number of hydrogen-bond donors (Lipinski definition) is 3. The highest BCUT2D eigenvalue weighted by Gasteiger charge is 2.48. The van der Waals surface area contributed by atoms with Gasteiger partial charge in [-0.1, -0.05) is 39.0 Å². The Morgan fingerprint density at radius 1 is 1.02 bits per heavy atom. The van der Waals surface area contributed by atoms with Crippen LogP contribution in [0.2, 0.25) is 0 Å². The van der Waals surface area contributed by atoms with Crippen molar-refractivity contribution in [3.05, 3.63) is 66.5 Å². The molecular formula is C26H30F3N5O5S. The summed E-state index contributed by atoms with van der Waals surface area (Å²) in [6.07, 6.45) is -3.10. The third-order valence-electron chi connectivity index (χ3n) is 6.54. The van der Waals surface area contributed by atoms with Gasteiger partial charge in [-0.05, 0) is 42.7 Å². The van der Waals surface area contributed by atoms with Gasteiger partial charge in [0.25, 0.3) is 10.0 Å². The van der Waals surface area contributed by atoms with E-state index in [1.807, 2.05) is 0 Å². The molecule has 0 saturated carbocycles. The average molecular weight is 582 g/mol. The van der Waals surface area contributed by atoms with Gasteiger partial charge in [0.2, 0.25) is 0 Å². The summed E-state index contributed by atoms with van der Waals surface area (Å²) < 4.78 is 67.7. The van der Waals surface area contributed by atoms with Gasteiger partial charge in [0.05, 0.1) is 17.8 Å². The first-order valence-corrected chi connectivity index (χ1v) is 13.6. The molecule has 3 aromatic rings. The van der Waals surface area contributed by atoms with Crippen LogP contribution in [-0.4, -0.2) is 52.2 Å². The first-order chi connectivity index (χ1) is 18.4. The number of amides is 1. The number of pyridine rings is 1. The van der Waals surface area contributed by atoms with Gasteiger partial charge in [-0.3, -0.25) is 9.48 Å². The topological polar surface area (TPSA) is 143 Å². The minimum absolute atomic E-state index is 0.0274. The van der Waals surface area contributed by atoms with Crippen molar-refractivity contribution in [1.82, 2.24) is 24.8 Å². The minimum atomic E-state index is -4.47. The molecule has 216 valence electrons. The van der Waals surface area contributed by atoms with Gasteiger partial charge < -0.3 is 10.4 Å². The van der Waals surface area contributed by atoms with Crippen LogP contribution in [0.3, 0.4) is 0 Å². The highest BCUT2D eigenvalue weighted by Crippen LogP contribution is 2.37.